The fourth-order valence-corrected chi connectivity index (χ4v) is 1.20. The smallest absolute Gasteiger partial charge is 0.335 e. The molecule has 110 valence electrons. The lowest BCUT2D eigenvalue weighted by Crippen LogP contribution is -2.43. The fourth-order valence-electron chi connectivity index (χ4n) is 1.20. The van der Waals surface area contributed by atoms with E-state index in [0.717, 1.165) is 32.6 Å². The summed E-state index contributed by atoms with van der Waals surface area (Å²) in [5.74, 6) is -3.54. The Hall–Kier alpha value is -1.71. The molecule has 9 nitrogen and oxygen atoms in total. The lowest BCUT2D eigenvalue weighted by atomic mass is 10.2. The minimum atomic E-state index is -2.27. The molecule has 0 aromatic heterocycles. The van der Waals surface area contributed by atoms with Crippen molar-refractivity contribution in [2.24, 2.45) is 0 Å². The Morgan fingerprint density at radius 2 is 1.37 bits per heavy atom. The Labute approximate surface area is 109 Å². The molecule has 0 bridgehead atoms. The number of nitrogens with zero attached hydrogens (tertiary/aromatic N) is 2. The standard InChI is InChI=1S/C6H12N2O.C4H6O6/c1-7-2-4-8(6-9)5-3-7;5-1(3(7)8)2(6)4(9)10/h6H,2-5H2,1H3;1-2,5-6H,(H,7,8)(H,9,10). The van der Waals surface area contributed by atoms with Gasteiger partial charge in [-0.2, -0.15) is 0 Å². The van der Waals surface area contributed by atoms with Crippen LogP contribution in [0.3, 0.4) is 0 Å². The van der Waals surface area contributed by atoms with Crippen molar-refractivity contribution in [2.45, 2.75) is 12.2 Å². The maximum atomic E-state index is 10.2. The van der Waals surface area contributed by atoms with E-state index in [4.69, 9.17) is 20.4 Å². The maximum Gasteiger partial charge on any atom is 0.335 e. The molecule has 1 heterocycles. The van der Waals surface area contributed by atoms with E-state index in [1.54, 1.807) is 4.90 Å². The molecule has 0 aliphatic carbocycles. The van der Waals surface area contributed by atoms with Gasteiger partial charge in [-0.25, -0.2) is 9.59 Å². The quantitative estimate of drug-likeness (QED) is 0.406. The predicted molar refractivity (Wildman–Crippen MR) is 62.4 cm³/mol. The van der Waals surface area contributed by atoms with Gasteiger partial charge in [-0.1, -0.05) is 0 Å². The summed E-state index contributed by atoms with van der Waals surface area (Å²) in [6, 6.07) is 0. The summed E-state index contributed by atoms with van der Waals surface area (Å²) in [5.41, 5.74) is 0. The molecule has 2 unspecified atom stereocenters. The molecule has 19 heavy (non-hydrogen) atoms. The van der Waals surface area contributed by atoms with Crippen molar-refractivity contribution in [1.29, 1.82) is 0 Å². The van der Waals surface area contributed by atoms with E-state index >= 15 is 0 Å². The van der Waals surface area contributed by atoms with Gasteiger partial charge in [-0.3, -0.25) is 4.79 Å². The number of carbonyl (C=O) groups is 3. The Bertz CT molecular complexity index is 297. The SMILES string of the molecule is CN1CCN(C=O)CC1.O=C(O)C(O)C(O)C(=O)O. The van der Waals surface area contributed by atoms with Crippen molar-refractivity contribution >= 4 is 18.3 Å². The number of rotatable bonds is 4. The van der Waals surface area contributed by atoms with E-state index in [1.807, 2.05) is 0 Å². The Morgan fingerprint density at radius 3 is 1.63 bits per heavy atom. The van der Waals surface area contributed by atoms with Gasteiger partial charge in [-0.15, -0.1) is 0 Å². The van der Waals surface area contributed by atoms with Gasteiger partial charge in [0, 0.05) is 26.2 Å². The molecule has 1 aliphatic rings. The van der Waals surface area contributed by atoms with Crippen molar-refractivity contribution in [2.75, 3.05) is 33.2 Å². The number of hydrogen-bond acceptors (Lipinski definition) is 6. The Kier molecular flexibility index (Phi) is 7.65. The number of likely N-dealkylation sites (N-methyl/N-ethyl adjacent to an activating group) is 1. The van der Waals surface area contributed by atoms with Crippen LogP contribution < -0.4 is 0 Å². The van der Waals surface area contributed by atoms with Gasteiger partial charge in [-0.05, 0) is 7.05 Å². The predicted octanol–water partition coefficient (Wildman–Crippen LogP) is -2.73. The minimum absolute atomic E-state index is 0.889. The second kappa shape index (κ2) is 8.40. The maximum absolute atomic E-state index is 10.2. The van der Waals surface area contributed by atoms with Crippen LogP contribution in [-0.4, -0.2) is 94.0 Å². The number of carbonyl (C=O) groups excluding carboxylic acids is 1. The van der Waals surface area contributed by atoms with Gasteiger partial charge in [0.15, 0.2) is 12.2 Å². The van der Waals surface area contributed by atoms with E-state index in [2.05, 4.69) is 11.9 Å². The highest BCUT2D eigenvalue weighted by molar-refractivity contribution is 5.83. The third kappa shape index (κ3) is 6.70. The highest BCUT2D eigenvalue weighted by atomic mass is 16.4. The van der Waals surface area contributed by atoms with Crippen LogP contribution in [0.1, 0.15) is 0 Å². The van der Waals surface area contributed by atoms with Crippen LogP contribution in [-0.2, 0) is 14.4 Å². The summed E-state index contributed by atoms with van der Waals surface area (Å²) in [5, 5.41) is 32.5. The molecule has 1 aliphatic heterocycles. The van der Waals surface area contributed by atoms with Crippen LogP contribution in [0.15, 0.2) is 0 Å². The topological polar surface area (TPSA) is 139 Å². The van der Waals surface area contributed by atoms with Gasteiger partial charge >= 0.3 is 11.9 Å². The number of aliphatic carboxylic acids is 2. The average molecular weight is 278 g/mol. The van der Waals surface area contributed by atoms with Crippen LogP contribution in [0.4, 0.5) is 0 Å². The summed E-state index contributed by atoms with van der Waals surface area (Å²) >= 11 is 0. The average Bonchev–Trinajstić information content (AvgIpc) is 2.38. The van der Waals surface area contributed by atoms with Gasteiger partial charge < -0.3 is 30.2 Å². The monoisotopic (exact) mass is 278 g/mol. The van der Waals surface area contributed by atoms with Crippen LogP contribution in [0.25, 0.3) is 0 Å². The third-order valence-electron chi connectivity index (χ3n) is 2.49. The number of hydrogen-bond donors (Lipinski definition) is 4. The number of piperazine rings is 1. The largest absolute Gasteiger partial charge is 0.479 e. The summed E-state index contributed by atoms with van der Waals surface area (Å²) in [4.78, 5) is 33.7. The van der Waals surface area contributed by atoms with E-state index in [9.17, 15) is 14.4 Å². The van der Waals surface area contributed by atoms with E-state index in [1.165, 1.54) is 0 Å². The molecule has 1 saturated heterocycles. The fraction of sp³-hybridized carbons (Fsp3) is 0.700. The molecular weight excluding hydrogens is 260 g/mol. The number of carboxylic acids is 2. The summed E-state index contributed by atoms with van der Waals surface area (Å²) < 4.78 is 0. The van der Waals surface area contributed by atoms with Gasteiger partial charge in [0.05, 0.1) is 0 Å². The molecule has 1 amide bonds. The second-order valence-electron chi connectivity index (χ2n) is 4.01. The molecule has 9 heteroatoms. The zero-order chi connectivity index (χ0) is 15.0. The van der Waals surface area contributed by atoms with Gasteiger partial charge in [0.2, 0.25) is 6.41 Å². The summed E-state index contributed by atoms with van der Waals surface area (Å²) in [7, 11) is 2.07. The minimum Gasteiger partial charge on any atom is -0.479 e. The zero-order valence-electron chi connectivity index (χ0n) is 10.5. The van der Waals surface area contributed by atoms with Crippen LogP contribution in [0.2, 0.25) is 0 Å². The highest BCUT2D eigenvalue weighted by Gasteiger charge is 2.29. The van der Waals surface area contributed by atoms with Crippen molar-refractivity contribution in [3.05, 3.63) is 0 Å². The molecule has 0 aromatic rings. The number of amides is 1. The first kappa shape index (κ1) is 17.3. The molecule has 2 atom stereocenters. The van der Waals surface area contributed by atoms with Gasteiger partial charge in [0.25, 0.3) is 0 Å². The lowest BCUT2D eigenvalue weighted by Gasteiger charge is -2.29. The molecular formula is C10H18N2O7. The molecule has 0 spiro atoms. The van der Waals surface area contributed by atoms with Gasteiger partial charge in [0.1, 0.15) is 0 Å². The lowest BCUT2D eigenvalue weighted by molar-refractivity contribution is -0.165. The summed E-state index contributed by atoms with van der Waals surface area (Å²) in [6.07, 6.45) is -3.61. The molecule has 1 fully saturated rings. The molecule has 0 saturated carbocycles. The normalized spacial score (nSPS) is 18.8. The Balaban J connectivity index is 0.000000342. The zero-order valence-corrected chi connectivity index (χ0v) is 10.5. The van der Waals surface area contributed by atoms with Crippen molar-refractivity contribution in [3.8, 4) is 0 Å². The van der Waals surface area contributed by atoms with Crippen LogP contribution >= 0.6 is 0 Å². The second-order valence-corrected chi connectivity index (χ2v) is 4.01. The number of carboxylic acid groups (broad SMARTS) is 2. The Morgan fingerprint density at radius 1 is 1.00 bits per heavy atom. The molecule has 0 radical (unpaired) electrons. The van der Waals surface area contributed by atoms with Crippen LogP contribution in [0.5, 0.6) is 0 Å². The molecule has 4 N–H and O–H groups in total. The van der Waals surface area contributed by atoms with Crippen LogP contribution in [0, 0.1) is 0 Å². The number of aliphatic hydroxyl groups excluding tert-OH is 2. The van der Waals surface area contributed by atoms with Crippen molar-refractivity contribution < 1.29 is 34.8 Å². The van der Waals surface area contributed by atoms with E-state index in [0.29, 0.717) is 0 Å². The number of aliphatic hydroxyl groups is 2. The first-order valence-electron chi connectivity index (χ1n) is 5.49. The van der Waals surface area contributed by atoms with E-state index in [-0.39, 0.29) is 0 Å². The molecule has 1 rings (SSSR count). The van der Waals surface area contributed by atoms with E-state index < -0.39 is 24.1 Å². The highest BCUT2D eigenvalue weighted by Crippen LogP contribution is 1.94. The molecule has 0 aromatic carbocycles. The first-order valence-corrected chi connectivity index (χ1v) is 5.49. The van der Waals surface area contributed by atoms with Crippen molar-refractivity contribution in [1.82, 2.24) is 9.80 Å². The summed E-state index contributed by atoms with van der Waals surface area (Å²) in [6.45, 7) is 3.80. The first-order chi connectivity index (χ1) is 8.79. The van der Waals surface area contributed by atoms with Crippen molar-refractivity contribution in [3.63, 3.8) is 0 Å². The third-order valence-corrected chi connectivity index (χ3v) is 2.49.